The number of hydrogen-bond acceptors (Lipinski definition) is 9. The summed E-state index contributed by atoms with van der Waals surface area (Å²) < 4.78 is 39.0. The number of ether oxygens (including phenoxy) is 6. The van der Waals surface area contributed by atoms with Crippen molar-refractivity contribution < 1.29 is 82.7 Å². The third kappa shape index (κ3) is 16.1. The van der Waals surface area contributed by atoms with Crippen LogP contribution in [0.2, 0.25) is 0 Å². The van der Waals surface area contributed by atoms with Crippen LogP contribution in [0.15, 0.2) is 17.3 Å². The molecule has 0 aromatic carbocycles. The van der Waals surface area contributed by atoms with Crippen LogP contribution in [0, 0.1) is 79.6 Å². The molecule has 329 valence electrons. The molecule has 3 heterocycles. The van der Waals surface area contributed by atoms with Crippen LogP contribution in [0.1, 0.15) is 166 Å². The summed E-state index contributed by atoms with van der Waals surface area (Å²) in [5.41, 5.74) is 9.34. The molecular weight excluding hydrogens is 938 g/mol. The molecule has 0 aliphatic carbocycles. The minimum atomic E-state index is -0.943. The molecule has 12 heteroatoms. The summed E-state index contributed by atoms with van der Waals surface area (Å²) in [4.78, 5) is 3.11. The largest absolute Gasteiger partial charge is 0.392 e. The third-order valence-electron chi connectivity index (χ3n) is 13.3. The van der Waals surface area contributed by atoms with Crippen molar-refractivity contribution >= 4 is 0 Å². The van der Waals surface area contributed by atoms with Crippen LogP contribution in [-0.4, -0.2) is 84.5 Å². The Hall–Kier alpha value is 0.172. The maximum absolute atomic E-state index is 11.5. The number of aliphatic hydroxyl groups excluding tert-OH is 2. The minimum absolute atomic E-state index is 0. The summed E-state index contributed by atoms with van der Waals surface area (Å²) in [7, 11) is 0. The van der Waals surface area contributed by atoms with Gasteiger partial charge in [-0.2, -0.15) is 0 Å². The molecule has 0 saturated carbocycles. The van der Waals surface area contributed by atoms with Gasteiger partial charge in [-0.15, -0.1) is 0 Å². The van der Waals surface area contributed by atoms with Crippen LogP contribution in [0.25, 0.3) is 10.4 Å². The Morgan fingerprint density at radius 2 is 1.12 bits per heavy atom. The van der Waals surface area contributed by atoms with Gasteiger partial charge in [-0.3, -0.25) is 0 Å². The van der Waals surface area contributed by atoms with Gasteiger partial charge < -0.3 is 38.6 Å². The fraction of sp³-hybridized carbons (Fsp3) is 0.956. The number of nitrogens with zero attached hydrogens (tertiary/aromatic N) is 3. The van der Waals surface area contributed by atoms with Crippen molar-refractivity contribution in [3.8, 4) is 0 Å². The second-order valence-electron chi connectivity index (χ2n) is 17.5. The Morgan fingerprint density at radius 1 is 0.632 bits per heavy atom. The van der Waals surface area contributed by atoms with Gasteiger partial charge in [0.2, 0.25) is 0 Å². The first kappa shape index (κ1) is 53.3. The Morgan fingerprint density at radius 3 is 1.67 bits per heavy atom. The van der Waals surface area contributed by atoms with Gasteiger partial charge >= 0.3 is 0 Å². The van der Waals surface area contributed by atoms with Gasteiger partial charge in [0, 0.05) is 72.6 Å². The average Bonchev–Trinajstić information content (AvgIpc) is 3.19. The fourth-order valence-corrected chi connectivity index (χ4v) is 8.87. The smallest absolute Gasteiger partial charge is 0.184 e. The predicted molar refractivity (Wildman–Crippen MR) is 223 cm³/mol. The molecule has 57 heavy (non-hydrogen) atoms. The molecule has 0 bridgehead atoms. The molecule has 3 fully saturated rings. The van der Waals surface area contributed by atoms with Gasteiger partial charge in [-0.25, -0.2) is 0 Å². The van der Waals surface area contributed by atoms with E-state index < -0.39 is 43.2 Å². The van der Waals surface area contributed by atoms with Crippen LogP contribution in [0.4, 0.5) is 0 Å². The van der Waals surface area contributed by atoms with Crippen molar-refractivity contribution in [1.82, 2.24) is 0 Å². The van der Waals surface area contributed by atoms with E-state index in [1.807, 2.05) is 34.6 Å². The van der Waals surface area contributed by atoms with E-state index in [-0.39, 0.29) is 111 Å². The van der Waals surface area contributed by atoms with Crippen LogP contribution < -0.4 is 0 Å². The van der Waals surface area contributed by atoms with Crippen LogP contribution in [-0.2, 0) is 28.4 Å². The number of azide groups is 1. The Balaban J connectivity index is 0.0000112. The summed E-state index contributed by atoms with van der Waals surface area (Å²) in [6, 6.07) is -0.422. The molecule has 3 saturated heterocycles. The zero-order valence-electron chi connectivity index (χ0n) is 37.5. The number of allylic oxidation sites excluding steroid dienone is 1. The van der Waals surface area contributed by atoms with E-state index in [9.17, 15) is 15.7 Å². The second kappa shape index (κ2) is 28.7. The first-order valence-corrected chi connectivity index (χ1v) is 22.9. The maximum atomic E-state index is 11.5. The summed E-state index contributed by atoms with van der Waals surface area (Å²) >= 11 is 0. The van der Waals surface area contributed by atoms with E-state index in [1.165, 1.54) is 70.6 Å². The van der Waals surface area contributed by atoms with Crippen molar-refractivity contribution in [2.45, 2.75) is 233 Å². The third-order valence-corrected chi connectivity index (χ3v) is 13.3. The van der Waals surface area contributed by atoms with E-state index in [2.05, 4.69) is 56.8 Å². The summed E-state index contributed by atoms with van der Waals surface area (Å²) in [6.45, 7) is 21.0. The minimum Gasteiger partial charge on any atom is -0.392 e. The molecule has 3 aliphatic heterocycles. The summed E-state index contributed by atoms with van der Waals surface area (Å²) in [6.07, 6.45) is 17.5. The molecule has 0 amide bonds. The summed E-state index contributed by atoms with van der Waals surface area (Å²) in [5.74, 6) is -0.360. The van der Waals surface area contributed by atoms with Gasteiger partial charge in [0.1, 0.15) is 6.10 Å². The van der Waals surface area contributed by atoms with Gasteiger partial charge in [0.25, 0.3) is 0 Å². The molecule has 17 atom stereocenters. The normalized spacial score (nSPS) is 37.0. The molecule has 0 aromatic rings. The van der Waals surface area contributed by atoms with Crippen molar-refractivity contribution in [2.24, 2.45) is 40.6 Å². The van der Waals surface area contributed by atoms with Crippen molar-refractivity contribution in [3.63, 3.8) is 0 Å². The molecule has 0 spiro atoms. The van der Waals surface area contributed by atoms with Crippen LogP contribution >= 0.6 is 0 Å². The van der Waals surface area contributed by atoms with Crippen LogP contribution in [0.3, 0.4) is 0 Å². The number of aliphatic hydroxyl groups is 2. The Kier molecular flexibility index (Phi) is 26.9. The zero-order valence-corrected chi connectivity index (χ0v) is 42.3. The number of hydrogen-bond donors (Lipinski definition) is 2. The predicted octanol–water partition coefficient (Wildman–Crippen LogP) is 10.7. The molecule has 11 nitrogen and oxygen atoms in total. The first-order chi connectivity index (χ1) is 26.9. The van der Waals surface area contributed by atoms with E-state index in [1.54, 1.807) is 0 Å². The summed E-state index contributed by atoms with van der Waals surface area (Å²) in [5, 5.41) is 26.5. The number of unbranched alkanes of at least 4 members (excludes halogenated alkanes) is 11. The quantitative estimate of drug-likeness (QED) is 0.0302. The second-order valence-corrected chi connectivity index (χ2v) is 17.5. The van der Waals surface area contributed by atoms with Crippen LogP contribution in [0.5, 0.6) is 0 Å². The molecule has 2 N–H and O–H groups in total. The number of rotatable bonds is 25. The van der Waals surface area contributed by atoms with Crippen molar-refractivity contribution in [2.75, 3.05) is 6.61 Å². The Bertz CT molecular complexity index is 1140. The van der Waals surface area contributed by atoms with Crippen molar-refractivity contribution in [1.29, 1.82) is 0 Å². The monoisotopic (exact) mass is 1020 g/mol. The van der Waals surface area contributed by atoms with Gasteiger partial charge in [0.05, 0.1) is 49.3 Å². The maximum Gasteiger partial charge on any atom is 0.184 e. The van der Waals surface area contributed by atoms with Gasteiger partial charge in [-0.1, -0.05) is 151 Å². The van der Waals surface area contributed by atoms with Gasteiger partial charge in [-0.05, 0) is 49.5 Å². The average molecular weight is 1020 g/mol. The SMILES string of the molecule is CCCCCCCCCCCCC/C=C/[C@@H](C)[C@H](CO[C@@H]1OC(CC)[C@@H](O[C@@H]2OC(CC)[C@H](O[C@@H]3OC(CC)[C@H](C)[C@H](O)C3C)[C@H](C)C2C)[C@H](C)C1O)N=[N+]=[N-].[Ac]. The van der Waals surface area contributed by atoms with E-state index >= 15 is 0 Å². The molecule has 3 rings (SSSR count). The zero-order chi connectivity index (χ0) is 41.2. The molecular formula is C45H83AcN3O8. The van der Waals surface area contributed by atoms with Crippen molar-refractivity contribution in [3.05, 3.63) is 22.6 Å². The van der Waals surface area contributed by atoms with Gasteiger partial charge in [0.15, 0.2) is 18.9 Å². The first-order valence-electron chi connectivity index (χ1n) is 22.9. The topological polar surface area (TPSA) is 145 Å². The fourth-order valence-electron chi connectivity index (χ4n) is 8.87. The van der Waals surface area contributed by atoms with E-state index in [0.717, 1.165) is 19.3 Å². The Labute approximate surface area is 383 Å². The van der Waals surface area contributed by atoms with E-state index in [4.69, 9.17) is 28.4 Å². The molecule has 0 aromatic heterocycles. The van der Waals surface area contributed by atoms with E-state index in [0.29, 0.717) is 6.42 Å². The molecule has 6 unspecified atom stereocenters. The standard InChI is InChI=1S/C45H83N3O8.Ac/c1-11-15-16-17-18-19-20-21-22-23-24-25-26-27-29(5)35(47-48-46)28-51-45-40(50)33(9)42(38(14-4)54-45)56-43-31(7)30(6)41(37(13-3)53-43)55-44-34(10)39(49)32(8)36(12-2)52-44;/h26-27,29-45,49-50H,11-25,28H2,1-10H3;/b27-26+;/t29-,30-,31?,32+,33-,34?,35+,36?,37?,38?,39+,40?,41-,42+,43+,44+,45-;/m1./s1. The molecule has 1 radical (unpaired) electrons. The molecule has 3 aliphatic rings.